The second-order valence-corrected chi connectivity index (χ2v) is 8.39. The summed E-state index contributed by atoms with van der Waals surface area (Å²) in [6.45, 7) is 5.44. The topological polar surface area (TPSA) is 58.4 Å². The predicted molar refractivity (Wildman–Crippen MR) is 109 cm³/mol. The van der Waals surface area contributed by atoms with Gasteiger partial charge >= 0.3 is 0 Å². The lowest BCUT2D eigenvalue weighted by Crippen LogP contribution is -2.59. The van der Waals surface area contributed by atoms with Crippen molar-refractivity contribution >= 4 is 5.91 Å². The van der Waals surface area contributed by atoms with Crippen LogP contribution in [-0.2, 0) is 12.1 Å². The Kier molecular flexibility index (Phi) is 5.28. The fourth-order valence-corrected chi connectivity index (χ4v) is 5.25. The first-order chi connectivity index (χ1) is 13.5. The highest BCUT2D eigenvalue weighted by molar-refractivity contribution is 5.95. The van der Waals surface area contributed by atoms with Gasteiger partial charge in [-0.1, -0.05) is 50.1 Å². The Balaban J connectivity index is 1.63. The van der Waals surface area contributed by atoms with Gasteiger partial charge in [-0.25, -0.2) is 0 Å². The summed E-state index contributed by atoms with van der Waals surface area (Å²) in [6, 6.07) is 10.1. The van der Waals surface area contributed by atoms with Crippen LogP contribution in [0.4, 0.5) is 0 Å². The van der Waals surface area contributed by atoms with Crippen LogP contribution in [0.5, 0.6) is 0 Å². The van der Waals surface area contributed by atoms with Crippen molar-refractivity contribution in [2.24, 2.45) is 5.92 Å². The van der Waals surface area contributed by atoms with E-state index in [4.69, 9.17) is 0 Å². The number of hydrogen-bond acceptors (Lipinski definition) is 3. The lowest BCUT2D eigenvalue weighted by atomic mass is 9.66. The van der Waals surface area contributed by atoms with Gasteiger partial charge in [0.2, 0.25) is 0 Å². The van der Waals surface area contributed by atoms with E-state index in [0.717, 1.165) is 49.9 Å². The zero-order valence-corrected chi connectivity index (χ0v) is 17.0. The van der Waals surface area contributed by atoms with E-state index in [1.165, 1.54) is 0 Å². The molecule has 1 aliphatic carbocycles. The molecule has 0 radical (unpaired) electrons. The predicted octanol–water partition coefficient (Wildman–Crippen LogP) is 3.89. The first-order valence-electron chi connectivity index (χ1n) is 10.7. The average molecular weight is 382 g/mol. The summed E-state index contributed by atoms with van der Waals surface area (Å²) in [7, 11) is 0. The molecule has 3 atom stereocenters. The van der Waals surface area contributed by atoms with E-state index in [1.807, 2.05) is 53.0 Å². The van der Waals surface area contributed by atoms with Gasteiger partial charge in [-0.15, -0.1) is 0 Å². The van der Waals surface area contributed by atoms with Gasteiger partial charge in [0.15, 0.2) is 0 Å². The van der Waals surface area contributed by atoms with Crippen LogP contribution in [0.3, 0.4) is 0 Å². The minimum atomic E-state index is -0.843. The maximum Gasteiger partial charge on any atom is 0.257 e. The summed E-state index contributed by atoms with van der Waals surface area (Å²) >= 11 is 0. The highest BCUT2D eigenvalue weighted by atomic mass is 16.3. The van der Waals surface area contributed by atoms with Crippen LogP contribution in [-0.4, -0.2) is 38.3 Å². The number of aliphatic hydroxyl groups is 1. The van der Waals surface area contributed by atoms with Gasteiger partial charge in [0.05, 0.1) is 16.9 Å². The molecule has 1 amide bonds. The largest absolute Gasteiger partial charge is 0.385 e. The number of fused-ring (bicyclic) bond motifs is 1. The van der Waals surface area contributed by atoms with Crippen LogP contribution < -0.4 is 0 Å². The number of carbonyl (C=O) groups excluding carboxylic acids is 1. The number of aryl methyl sites for hydroxylation is 2. The van der Waals surface area contributed by atoms with Crippen molar-refractivity contribution in [1.29, 1.82) is 0 Å². The van der Waals surface area contributed by atoms with Gasteiger partial charge in [0, 0.05) is 31.2 Å². The number of carbonyl (C=O) groups is 1. The molecule has 28 heavy (non-hydrogen) atoms. The molecule has 1 aromatic heterocycles. The second kappa shape index (κ2) is 7.70. The van der Waals surface area contributed by atoms with Crippen molar-refractivity contribution in [3.05, 3.63) is 53.3 Å². The van der Waals surface area contributed by atoms with Crippen LogP contribution in [0.15, 0.2) is 36.5 Å². The Morgan fingerprint density at radius 2 is 2.00 bits per heavy atom. The highest BCUT2D eigenvalue weighted by Gasteiger charge is 2.50. The number of nitrogens with zero attached hydrogens (tertiary/aromatic N) is 3. The Labute approximate surface area is 167 Å². The smallest absolute Gasteiger partial charge is 0.257 e. The van der Waals surface area contributed by atoms with E-state index < -0.39 is 5.60 Å². The van der Waals surface area contributed by atoms with E-state index in [2.05, 4.69) is 12.0 Å². The lowest BCUT2D eigenvalue weighted by Gasteiger charge is -2.52. The van der Waals surface area contributed by atoms with Crippen molar-refractivity contribution in [3.8, 4) is 0 Å². The summed E-state index contributed by atoms with van der Waals surface area (Å²) in [5.41, 5.74) is 1.66. The number of piperidine rings is 1. The van der Waals surface area contributed by atoms with Gasteiger partial charge < -0.3 is 10.0 Å². The van der Waals surface area contributed by atoms with Crippen LogP contribution in [0.2, 0.25) is 0 Å². The molecule has 0 bridgehead atoms. The van der Waals surface area contributed by atoms with Crippen molar-refractivity contribution in [2.45, 2.75) is 70.6 Å². The monoisotopic (exact) mass is 381 g/mol. The Morgan fingerprint density at radius 1 is 1.25 bits per heavy atom. The third-order valence-corrected chi connectivity index (χ3v) is 6.64. The van der Waals surface area contributed by atoms with E-state index in [9.17, 15) is 9.90 Å². The maximum atomic E-state index is 13.4. The van der Waals surface area contributed by atoms with Crippen molar-refractivity contribution in [2.75, 3.05) is 6.54 Å². The molecule has 150 valence electrons. The number of rotatable bonds is 4. The molecule has 0 spiro atoms. The molecule has 5 heteroatoms. The van der Waals surface area contributed by atoms with Crippen molar-refractivity contribution in [3.63, 3.8) is 0 Å². The van der Waals surface area contributed by atoms with Crippen LogP contribution >= 0.6 is 0 Å². The molecule has 5 nitrogen and oxygen atoms in total. The molecular weight excluding hydrogens is 350 g/mol. The molecule has 2 aromatic rings. The summed E-state index contributed by atoms with van der Waals surface area (Å²) in [5, 5.41) is 16.2. The minimum Gasteiger partial charge on any atom is -0.385 e. The van der Waals surface area contributed by atoms with Crippen molar-refractivity contribution < 1.29 is 9.90 Å². The number of likely N-dealkylation sites (tertiary alicyclic amines) is 1. The van der Waals surface area contributed by atoms with Gasteiger partial charge in [-0.3, -0.25) is 9.48 Å². The summed E-state index contributed by atoms with van der Waals surface area (Å²) in [6.07, 6.45) is 7.65. The second-order valence-electron chi connectivity index (χ2n) is 8.39. The number of hydrogen-bond donors (Lipinski definition) is 1. The van der Waals surface area contributed by atoms with Gasteiger partial charge in [-0.2, -0.15) is 5.10 Å². The zero-order valence-electron chi connectivity index (χ0n) is 17.0. The molecule has 0 unspecified atom stereocenters. The molecule has 1 saturated carbocycles. The van der Waals surface area contributed by atoms with Crippen LogP contribution in [0.25, 0.3) is 0 Å². The quantitative estimate of drug-likeness (QED) is 0.874. The lowest BCUT2D eigenvalue weighted by molar-refractivity contribution is -0.110. The minimum absolute atomic E-state index is 0.0758. The van der Waals surface area contributed by atoms with Crippen molar-refractivity contribution in [1.82, 2.24) is 14.7 Å². The standard InChI is InChI=1S/C23H31N3O2/c1-3-14-25-16-19(17(2)24-25)22(27)26-15-13-23(28,18-9-5-4-6-10-18)20-11-7-8-12-21(20)26/h4-6,9-10,16,20-21,28H,3,7-8,11-15H2,1-2H3/t20-,21+,23+/m1/s1. The molecule has 1 aliphatic heterocycles. The van der Waals surface area contributed by atoms with Crippen LogP contribution in [0.1, 0.15) is 67.1 Å². The summed E-state index contributed by atoms with van der Waals surface area (Å²) < 4.78 is 1.88. The van der Waals surface area contributed by atoms with E-state index in [-0.39, 0.29) is 17.9 Å². The third-order valence-electron chi connectivity index (χ3n) is 6.64. The Hall–Kier alpha value is -2.14. The Morgan fingerprint density at radius 3 is 2.75 bits per heavy atom. The molecule has 2 aliphatic rings. The normalized spacial score (nSPS) is 27.5. The van der Waals surface area contributed by atoms with Gasteiger partial charge in [-0.05, 0) is 38.2 Å². The molecule has 1 saturated heterocycles. The number of aromatic nitrogens is 2. The molecule has 2 fully saturated rings. The first-order valence-corrected chi connectivity index (χ1v) is 10.7. The molecule has 2 heterocycles. The van der Waals surface area contributed by atoms with Crippen LogP contribution in [0, 0.1) is 12.8 Å². The zero-order chi connectivity index (χ0) is 19.7. The van der Waals surface area contributed by atoms with E-state index in [0.29, 0.717) is 18.5 Å². The first kappa shape index (κ1) is 19.2. The maximum absolute atomic E-state index is 13.4. The van der Waals surface area contributed by atoms with E-state index in [1.54, 1.807) is 0 Å². The molecule has 1 N–H and O–H groups in total. The highest BCUT2D eigenvalue weighted by Crippen LogP contribution is 2.47. The fourth-order valence-electron chi connectivity index (χ4n) is 5.25. The van der Waals surface area contributed by atoms with Gasteiger partial charge in [0.1, 0.15) is 0 Å². The van der Waals surface area contributed by atoms with Gasteiger partial charge in [0.25, 0.3) is 5.91 Å². The molecule has 1 aromatic carbocycles. The Bertz CT molecular complexity index is 832. The fraction of sp³-hybridized carbons (Fsp3) is 0.565. The average Bonchev–Trinajstić information content (AvgIpc) is 3.09. The summed E-state index contributed by atoms with van der Waals surface area (Å²) in [5.74, 6) is 0.166. The molecule has 4 rings (SSSR count). The number of benzene rings is 1. The molecular formula is C23H31N3O2. The SMILES string of the molecule is CCCn1cc(C(=O)N2CC[C@](O)(c3ccccc3)[C@@H]3CCCC[C@@H]32)c(C)n1. The summed E-state index contributed by atoms with van der Waals surface area (Å²) in [4.78, 5) is 15.5. The third kappa shape index (κ3) is 3.26. The van der Waals surface area contributed by atoms with E-state index >= 15 is 0 Å². The number of amides is 1.